The molecule has 1 aromatic carbocycles. The van der Waals surface area contributed by atoms with Crippen molar-refractivity contribution in [2.24, 2.45) is 0 Å². The lowest BCUT2D eigenvalue weighted by Gasteiger charge is -2.31. The first kappa shape index (κ1) is 17.5. The molecule has 5 heteroatoms. The fourth-order valence-electron chi connectivity index (χ4n) is 3.13. The molecule has 0 radical (unpaired) electrons. The Labute approximate surface area is 148 Å². The maximum Gasteiger partial charge on any atom is 0.257 e. The van der Waals surface area contributed by atoms with Crippen LogP contribution in [0.5, 0.6) is 0 Å². The Morgan fingerprint density at radius 3 is 2.80 bits per heavy atom. The normalized spacial score (nSPS) is 14.1. The molecule has 25 heavy (non-hydrogen) atoms. The molecule has 0 spiro atoms. The van der Waals surface area contributed by atoms with E-state index in [1.807, 2.05) is 12.4 Å². The molecule has 132 valence electrons. The molecule has 3 rings (SSSR count). The van der Waals surface area contributed by atoms with Crippen molar-refractivity contribution in [3.8, 4) is 0 Å². The number of benzene rings is 1. The van der Waals surface area contributed by atoms with E-state index in [9.17, 15) is 9.18 Å². The summed E-state index contributed by atoms with van der Waals surface area (Å²) in [4.78, 5) is 21.0. The molecular formula is C20H24FN3O. The van der Waals surface area contributed by atoms with Gasteiger partial charge >= 0.3 is 0 Å². The quantitative estimate of drug-likeness (QED) is 0.856. The summed E-state index contributed by atoms with van der Waals surface area (Å²) in [6, 6.07) is 6.61. The Morgan fingerprint density at radius 1 is 1.32 bits per heavy atom. The minimum atomic E-state index is -0.469. The number of rotatable bonds is 4. The largest absolute Gasteiger partial charge is 0.334 e. The van der Waals surface area contributed by atoms with Crippen LogP contribution in [0.15, 0.2) is 36.7 Å². The van der Waals surface area contributed by atoms with Crippen molar-refractivity contribution in [2.75, 3.05) is 13.6 Å². The second-order valence-electron chi connectivity index (χ2n) is 6.90. The van der Waals surface area contributed by atoms with Crippen LogP contribution in [0.1, 0.15) is 40.9 Å². The number of hydrogen-bond donors (Lipinski definition) is 0. The molecular weight excluding hydrogens is 317 g/mol. The minimum Gasteiger partial charge on any atom is -0.334 e. The highest BCUT2D eigenvalue weighted by molar-refractivity contribution is 5.94. The first-order valence-electron chi connectivity index (χ1n) is 8.66. The van der Waals surface area contributed by atoms with Crippen molar-refractivity contribution >= 4 is 5.91 Å². The predicted octanol–water partition coefficient (Wildman–Crippen LogP) is 3.26. The molecule has 1 aromatic heterocycles. The van der Waals surface area contributed by atoms with Crippen LogP contribution in [0.2, 0.25) is 0 Å². The van der Waals surface area contributed by atoms with E-state index in [1.165, 1.54) is 17.2 Å². The first-order valence-corrected chi connectivity index (χ1v) is 8.66. The highest BCUT2D eigenvalue weighted by atomic mass is 19.1. The maximum absolute atomic E-state index is 13.9. The van der Waals surface area contributed by atoms with Gasteiger partial charge in [0.1, 0.15) is 5.82 Å². The van der Waals surface area contributed by atoms with Gasteiger partial charge in [-0.3, -0.25) is 14.7 Å². The molecule has 0 atom stereocenters. The van der Waals surface area contributed by atoms with Gasteiger partial charge in [-0.05, 0) is 56.1 Å². The van der Waals surface area contributed by atoms with E-state index in [4.69, 9.17) is 0 Å². The average Bonchev–Trinajstić information content (AvgIpc) is 2.61. The van der Waals surface area contributed by atoms with Crippen molar-refractivity contribution in [1.82, 2.24) is 14.8 Å². The monoisotopic (exact) mass is 341 g/mol. The van der Waals surface area contributed by atoms with Crippen LogP contribution in [0.3, 0.4) is 0 Å². The minimum absolute atomic E-state index is 0.134. The summed E-state index contributed by atoms with van der Waals surface area (Å²) < 4.78 is 13.9. The van der Waals surface area contributed by atoms with E-state index in [0.29, 0.717) is 19.1 Å². The van der Waals surface area contributed by atoms with Gasteiger partial charge in [0.15, 0.2) is 0 Å². The Balaban J connectivity index is 1.80. The van der Waals surface area contributed by atoms with Gasteiger partial charge in [0.25, 0.3) is 5.91 Å². The first-order chi connectivity index (χ1) is 12.0. The summed E-state index contributed by atoms with van der Waals surface area (Å²) in [6.45, 7) is 6.25. The van der Waals surface area contributed by atoms with Gasteiger partial charge < -0.3 is 4.90 Å². The molecule has 1 aliphatic heterocycles. The van der Waals surface area contributed by atoms with Gasteiger partial charge in [-0.15, -0.1) is 0 Å². The molecule has 0 bridgehead atoms. The Hall–Kier alpha value is -2.27. The van der Waals surface area contributed by atoms with Gasteiger partial charge in [-0.25, -0.2) is 4.39 Å². The van der Waals surface area contributed by atoms with E-state index < -0.39 is 5.82 Å². The number of carbonyl (C=O) groups is 1. The van der Waals surface area contributed by atoms with Gasteiger partial charge in [0.2, 0.25) is 0 Å². The fraction of sp³-hybridized carbons (Fsp3) is 0.400. The van der Waals surface area contributed by atoms with Gasteiger partial charge in [0, 0.05) is 38.1 Å². The molecule has 4 nitrogen and oxygen atoms in total. The van der Waals surface area contributed by atoms with E-state index in [2.05, 4.69) is 30.8 Å². The number of carbonyl (C=O) groups excluding carboxylic acids is 1. The van der Waals surface area contributed by atoms with Gasteiger partial charge in [0.05, 0.1) is 5.56 Å². The topological polar surface area (TPSA) is 36.4 Å². The molecule has 2 aromatic rings. The molecule has 0 aliphatic carbocycles. The van der Waals surface area contributed by atoms with Crippen molar-refractivity contribution in [3.05, 3.63) is 64.7 Å². The third-order valence-electron chi connectivity index (χ3n) is 4.92. The van der Waals surface area contributed by atoms with Crippen LogP contribution < -0.4 is 0 Å². The zero-order valence-corrected chi connectivity index (χ0v) is 15.0. The molecule has 0 N–H and O–H groups in total. The lowest BCUT2D eigenvalue weighted by molar-refractivity contribution is 0.0729. The summed E-state index contributed by atoms with van der Waals surface area (Å²) in [6.07, 6.45) is 4.53. The van der Waals surface area contributed by atoms with Gasteiger partial charge in [-0.2, -0.15) is 0 Å². The molecule has 0 saturated carbocycles. The van der Waals surface area contributed by atoms with Crippen molar-refractivity contribution in [3.63, 3.8) is 0 Å². The number of fused-ring (bicyclic) bond motifs is 1. The van der Waals surface area contributed by atoms with Crippen LogP contribution >= 0.6 is 0 Å². The number of amides is 1. The van der Waals surface area contributed by atoms with E-state index >= 15 is 0 Å². The molecule has 1 amide bonds. The van der Waals surface area contributed by atoms with Crippen LogP contribution in [0.25, 0.3) is 0 Å². The second-order valence-corrected chi connectivity index (χ2v) is 6.90. The van der Waals surface area contributed by atoms with Crippen molar-refractivity contribution in [2.45, 2.75) is 39.4 Å². The fourth-order valence-corrected chi connectivity index (χ4v) is 3.13. The summed E-state index contributed by atoms with van der Waals surface area (Å²) in [5.41, 5.74) is 3.69. The molecule has 2 heterocycles. The summed E-state index contributed by atoms with van der Waals surface area (Å²) in [7, 11) is 2.10. The number of nitrogens with zero attached hydrogens (tertiary/aromatic N) is 3. The third kappa shape index (κ3) is 3.71. The van der Waals surface area contributed by atoms with Crippen LogP contribution in [-0.2, 0) is 19.5 Å². The third-order valence-corrected chi connectivity index (χ3v) is 4.92. The second kappa shape index (κ2) is 7.31. The van der Waals surface area contributed by atoms with E-state index in [1.54, 1.807) is 23.1 Å². The smallest absolute Gasteiger partial charge is 0.257 e. The van der Waals surface area contributed by atoms with Crippen molar-refractivity contribution in [1.29, 1.82) is 0 Å². The van der Waals surface area contributed by atoms with E-state index in [0.717, 1.165) is 18.5 Å². The highest BCUT2D eigenvalue weighted by Gasteiger charge is 2.25. The SMILES string of the molecule is CC(C)N(C)Cc1cncc2c1CCN(C(=O)c1ccccc1F)C2. The summed E-state index contributed by atoms with van der Waals surface area (Å²) >= 11 is 0. The predicted molar refractivity (Wildman–Crippen MR) is 95.7 cm³/mol. The zero-order chi connectivity index (χ0) is 18.0. The Bertz CT molecular complexity index is 775. The molecule has 0 unspecified atom stereocenters. The average molecular weight is 341 g/mol. The molecule has 1 aliphatic rings. The standard InChI is InChI=1S/C20H24FN3O/c1-14(2)23(3)12-15-10-22-11-16-13-24(9-8-17(15)16)20(25)18-6-4-5-7-19(18)21/h4-7,10-11,14H,8-9,12-13H2,1-3H3. The zero-order valence-electron chi connectivity index (χ0n) is 15.0. The van der Waals surface area contributed by atoms with Crippen LogP contribution in [0, 0.1) is 5.82 Å². The Kier molecular flexibility index (Phi) is 5.13. The number of pyridine rings is 1. The molecule has 0 saturated heterocycles. The number of aromatic nitrogens is 1. The summed E-state index contributed by atoms with van der Waals surface area (Å²) in [5.74, 6) is -0.725. The van der Waals surface area contributed by atoms with E-state index in [-0.39, 0.29) is 11.5 Å². The maximum atomic E-state index is 13.9. The lowest BCUT2D eigenvalue weighted by atomic mass is 9.96. The molecule has 0 fully saturated rings. The van der Waals surface area contributed by atoms with Gasteiger partial charge in [-0.1, -0.05) is 12.1 Å². The van der Waals surface area contributed by atoms with Crippen molar-refractivity contribution < 1.29 is 9.18 Å². The van der Waals surface area contributed by atoms with Crippen LogP contribution in [0.4, 0.5) is 4.39 Å². The lowest BCUT2D eigenvalue weighted by Crippen LogP contribution is -2.37. The Morgan fingerprint density at radius 2 is 2.08 bits per heavy atom. The highest BCUT2D eigenvalue weighted by Crippen LogP contribution is 2.24. The van der Waals surface area contributed by atoms with Crippen LogP contribution in [-0.4, -0.2) is 40.3 Å². The number of halogens is 1. The summed E-state index contributed by atoms with van der Waals surface area (Å²) in [5, 5.41) is 0. The number of hydrogen-bond acceptors (Lipinski definition) is 3.